The van der Waals surface area contributed by atoms with Crippen molar-refractivity contribution in [2.24, 2.45) is 0 Å². The monoisotopic (exact) mass is 491 g/mol. The number of aromatic nitrogens is 2. The van der Waals surface area contributed by atoms with Gasteiger partial charge in [0, 0.05) is 10.3 Å². The molecule has 2 aromatic carbocycles. The summed E-state index contributed by atoms with van der Waals surface area (Å²) >= 11 is 1.22. The number of aromatic amines is 1. The largest absolute Gasteiger partial charge is 0.462 e. The molecule has 0 aliphatic rings. The maximum Gasteiger partial charge on any atom is 0.341 e. The van der Waals surface area contributed by atoms with Crippen molar-refractivity contribution >= 4 is 45.0 Å². The average Bonchev–Trinajstić information content (AvgIpc) is 3.29. The summed E-state index contributed by atoms with van der Waals surface area (Å²) in [6.07, 6.45) is -0.226. The number of hydrogen-bond acceptors (Lipinski definition) is 8. The highest BCUT2D eigenvalue weighted by Crippen LogP contribution is 2.35. The second-order valence-electron chi connectivity index (χ2n) is 7.37. The molecule has 10 heteroatoms. The van der Waals surface area contributed by atoms with Crippen LogP contribution in [0.5, 0.6) is 0 Å². The van der Waals surface area contributed by atoms with Gasteiger partial charge in [-0.15, -0.1) is 11.3 Å². The molecule has 2 heterocycles. The maximum absolute atomic E-state index is 12.5. The fourth-order valence-corrected chi connectivity index (χ4v) is 4.46. The molecule has 0 spiro atoms. The van der Waals surface area contributed by atoms with E-state index < -0.39 is 24.5 Å². The standard InChI is InChI=1S/C25H21N3O6S/c1-2-33-25(32)18-12-20(15-8-4-3-5-9-15)35-24(18)26-21(29)14-34-22(30)13-19-16-10-6-7-11-17(16)23(31)28-27-19/h3-12H,2,13-14H2,1H3,(H,26,29)(H,28,31). The lowest BCUT2D eigenvalue weighted by atomic mass is 10.1. The van der Waals surface area contributed by atoms with E-state index in [1.165, 1.54) is 11.3 Å². The number of rotatable bonds is 8. The van der Waals surface area contributed by atoms with Crippen molar-refractivity contribution < 1.29 is 23.9 Å². The molecule has 0 atom stereocenters. The number of carbonyl (C=O) groups excluding carboxylic acids is 3. The predicted octanol–water partition coefficient (Wildman–Crippen LogP) is 3.55. The van der Waals surface area contributed by atoms with Gasteiger partial charge >= 0.3 is 11.9 Å². The van der Waals surface area contributed by atoms with Crippen LogP contribution in [0.1, 0.15) is 23.0 Å². The number of nitrogens with one attached hydrogen (secondary N) is 2. The van der Waals surface area contributed by atoms with E-state index in [2.05, 4.69) is 15.5 Å². The molecule has 0 bridgehead atoms. The van der Waals surface area contributed by atoms with Crippen LogP contribution in [-0.4, -0.2) is 41.3 Å². The Morgan fingerprint density at radius 2 is 1.71 bits per heavy atom. The quantitative estimate of drug-likeness (QED) is 0.361. The molecule has 0 unspecified atom stereocenters. The van der Waals surface area contributed by atoms with Gasteiger partial charge in [0.05, 0.1) is 29.7 Å². The number of ether oxygens (including phenoxy) is 2. The Kier molecular flexibility index (Phi) is 7.32. The number of esters is 2. The number of H-pyrrole nitrogens is 1. The molecule has 178 valence electrons. The molecule has 4 aromatic rings. The van der Waals surface area contributed by atoms with Crippen molar-refractivity contribution in [3.63, 3.8) is 0 Å². The first-order valence-electron chi connectivity index (χ1n) is 10.7. The number of fused-ring (bicyclic) bond motifs is 1. The Hall–Kier alpha value is -4.31. The van der Waals surface area contributed by atoms with Gasteiger partial charge in [-0.1, -0.05) is 48.5 Å². The fourth-order valence-electron chi connectivity index (χ4n) is 3.39. The van der Waals surface area contributed by atoms with Crippen molar-refractivity contribution in [2.45, 2.75) is 13.3 Å². The maximum atomic E-state index is 12.5. The predicted molar refractivity (Wildman–Crippen MR) is 131 cm³/mol. The number of thiophene rings is 1. The van der Waals surface area contributed by atoms with Gasteiger partial charge in [0.15, 0.2) is 6.61 Å². The van der Waals surface area contributed by atoms with Crippen LogP contribution in [0.15, 0.2) is 65.5 Å². The molecular formula is C25H21N3O6S. The summed E-state index contributed by atoms with van der Waals surface area (Å²) in [5.41, 5.74) is 1.08. The van der Waals surface area contributed by atoms with Crippen LogP contribution in [0.25, 0.3) is 21.2 Å². The molecular weight excluding hydrogens is 470 g/mol. The lowest BCUT2D eigenvalue weighted by molar-refractivity contribution is -0.146. The van der Waals surface area contributed by atoms with Crippen LogP contribution in [0.2, 0.25) is 0 Å². The highest BCUT2D eigenvalue weighted by molar-refractivity contribution is 7.20. The van der Waals surface area contributed by atoms with Crippen molar-refractivity contribution in [2.75, 3.05) is 18.5 Å². The van der Waals surface area contributed by atoms with E-state index in [0.717, 1.165) is 10.4 Å². The van der Waals surface area contributed by atoms with Crippen molar-refractivity contribution in [1.82, 2.24) is 10.2 Å². The van der Waals surface area contributed by atoms with Crippen LogP contribution >= 0.6 is 11.3 Å². The number of benzene rings is 2. The van der Waals surface area contributed by atoms with Crippen LogP contribution < -0.4 is 10.9 Å². The Morgan fingerprint density at radius 1 is 1.00 bits per heavy atom. The first-order chi connectivity index (χ1) is 17.0. The first kappa shape index (κ1) is 23.8. The number of nitrogens with zero attached hydrogens (tertiary/aromatic N) is 1. The molecule has 0 radical (unpaired) electrons. The molecule has 0 aliphatic carbocycles. The zero-order valence-electron chi connectivity index (χ0n) is 18.7. The van der Waals surface area contributed by atoms with Gasteiger partial charge in [0.1, 0.15) is 5.00 Å². The summed E-state index contributed by atoms with van der Waals surface area (Å²) in [7, 11) is 0. The van der Waals surface area contributed by atoms with Gasteiger partial charge < -0.3 is 14.8 Å². The summed E-state index contributed by atoms with van der Waals surface area (Å²) in [6.45, 7) is 1.33. The summed E-state index contributed by atoms with van der Waals surface area (Å²) in [6, 6.07) is 17.8. The number of hydrogen-bond donors (Lipinski definition) is 2. The first-order valence-corrected chi connectivity index (χ1v) is 11.6. The van der Waals surface area contributed by atoms with Crippen molar-refractivity contribution in [3.05, 3.63) is 82.3 Å². The molecule has 0 saturated carbocycles. The van der Waals surface area contributed by atoms with Crippen LogP contribution in [0.4, 0.5) is 5.00 Å². The Balaban J connectivity index is 1.43. The van der Waals surface area contributed by atoms with E-state index in [1.807, 2.05) is 30.3 Å². The summed E-state index contributed by atoms with van der Waals surface area (Å²) in [4.78, 5) is 49.9. The molecule has 35 heavy (non-hydrogen) atoms. The Morgan fingerprint density at radius 3 is 2.46 bits per heavy atom. The molecule has 1 amide bonds. The molecule has 2 aromatic heterocycles. The van der Waals surface area contributed by atoms with Gasteiger partial charge in [0.2, 0.25) is 0 Å². The molecule has 2 N–H and O–H groups in total. The normalized spacial score (nSPS) is 10.7. The van der Waals surface area contributed by atoms with E-state index in [9.17, 15) is 19.2 Å². The van der Waals surface area contributed by atoms with E-state index in [4.69, 9.17) is 9.47 Å². The van der Waals surface area contributed by atoms with E-state index in [1.54, 1.807) is 37.3 Å². The topological polar surface area (TPSA) is 127 Å². The lowest BCUT2D eigenvalue weighted by Crippen LogP contribution is -2.23. The van der Waals surface area contributed by atoms with Gasteiger partial charge in [-0.2, -0.15) is 5.10 Å². The third-order valence-corrected chi connectivity index (χ3v) is 6.09. The second kappa shape index (κ2) is 10.7. The Labute approximate surface area is 203 Å². The summed E-state index contributed by atoms with van der Waals surface area (Å²) < 4.78 is 10.2. The van der Waals surface area contributed by atoms with E-state index >= 15 is 0 Å². The SMILES string of the molecule is CCOC(=O)c1cc(-c2ccccc2)sc1NC(=O)COC(=O)Cc1n[nH]c(=O)c2ccccc12. The van der Waals surface area contributed by atoms with Gasteiger partial charge in [0.25, 0.3) is 11.5 Å². The van der Waals surface area contributed by atoms with Crippen LogP contribution in [0, 0.1) is 0 Å². The molecule has 0 saturated heterocycles. The third-order valence-electron chi connectivity index (χ3n) is 4.99. The van der Waals surface area contributed by atoms with E-state index in [0.29, 0.717) is 21.5 Å². The number of anilines is 1. The number of carbonyl (C=O) groups is 3. The van der Waals surface area contributed by atoms with Crippen LogP contribution in [-0.2, 0) is 25.5 Å². The highest BCUT2D eigenvalue weighted by atomic mass is 32.1. The minimum absolute atomic E-state index is 0.188. The second-order valence-corrected chi connectivity index (χ2v) is 8.42. The summed E-state index contributed by atoms with van der Waals surface area (Å²) in [5.74, 6) is -1.86. The zero-order valence-corrected chi connectivity index (χ0v) is 19.5. The molecule has 0 fully saturated rings. The fraction of sp³-hybridized carbons (Fsp3) is 0.160. The molecule has 9 nitrogen and oxygen atoms in total. The zero-order chi connectivity index (χ0) is 24.8. The van der Waals surface area contributed by atoms with Crippen molar-refractivity contribution in [3.8, 4) is 10.4 Å². The van der Waals surface area contributed by atoms with Gasteiger partial charge in [-0.05, 0) is 24.6 Å². The van der Waals surface area contributed by atoms with E-state index in [-0.39, 0.29) is 24.2 Å². The minimum Gasteiger partial charge on any atom is -0.462 e. The third kappa shape index (κ3) is 5.61. The average molecular weight is 492 g/mol. The van der Waals surface area contributed by atoms with Crippen molar-refractivity contribution in [1.29, 1.82) is 0 Å². The smallest absolute Gasteiger partial charge is 0.341 e. The Bertz CT molecular complexity index is 1440. The van der Waals surface area contributed by atoms with Crippen LogP contribution in [0.3, 0.4) is 0 Å². The van der Waals surface area contributed by atoms with Gasteiger partial charge in [-0.25, -0.2) is 9.89 Å². The van der Waals surface area contributed by atoms with Gasteiger partial charge in [-0.3, -0.25) is 14.4 Å². The minimum atomic E-state index is -0.688. The lowest BCUT2D eigenvalue weighted by Gasteiger charge is -2.08. The summed E-state index contributed by atoms with van der Waals surface area (Å²) in [5, 5.41) is 10.2. The highest BCUT2D eigenvalue weighted by Gasteiger charge is 2.21. The molecule has 0 aliphatic heterocycles. The molecule has 4 rings (SSSR count). The number of amides is 1.